The van der Waals surface area contributed by atoms with Gasteiger partial charge in [-0.25, -0.2) is 0 Å². The summed E-state index contributed by atoms with van der Waals surface area (Å²) in [5, 5.41) is 0. The molecule has 0 radical (unpaired) electrons. The summed E-state index contributed by atoms with van der Waals surface area (Å²) in [7, 11) is -5.47. The average molecular weight is 370 g/mol. The minimum absolute atomic E-state index is 0.409. The number of unbranched alkanes of at least 4 members (excludes halogenated alkanes) is 2. The fraction of sp³-hybridized carbons (Fsp3) is 1.00. The standard InChI is InChI=1S/C15H35O6PSi/c1-6-17-22(16,18-7-2)14-12-11-13-15-23(19-8-3,20-9-4)21-10-5/h6-15H2,1-5H3. The first-order valence-electron chi connectivity index (χ1n) is 8.81. The Labute approximate surface area is 143 Å². The van der Waals surface area contributed by atoms with Crippen LogP contribution in [0.4, 0.5) is 0 Å². The van der Waals surface area contributed by atoms with Crippen LogP contribution in [0.1, 0.15) is 53.9 Å². The predicted molar refractivity (Wildman–Crippen MR) is 95.0 cm³/mol. The fourth-order valence-corrected chi connectivity index (χ4v) is 6.80. The van der Waals surface area contributed by atoms with Gasteiger partial charge in [-0.05, 0) is 47.5 Å². The summed E-state index contributed by atoms with van der Waals surface area (Å²) in [6, 6.07) is 0.788. The maximum absolute atomic E-state index is 12.4. The van der Waals surface area contributed by atoms with Crippen LogP contribution in [0.25, 0.3) is 0 Å². The van der Waals surface area contributed by atoms with Gasteiger partial charge in [0.1, 0.15) is 0 Å². The van der Waals surface area contributed by atoms with E-state index < -0.39 is 16.4 Å². The van der Waals surface area contributed by atoms with Crippen molar-refractivity contribution in [1.29, 1.82) is 0 Å². The average Bonchev–Trinajstić information content (AvgIpc) is 2.48. The summed E-state index contributed by atoms with van der Waals surface area (Å²) in [4.78, 5) is 0. The lowest BCUT2D eigenvalue weighted by Crippen LogP contribution is -2.45. The third-order valence-electron chi connectivity index (χ3n) is 3.16. The van der Waals surface area contributed by atoms with E-state index in [2.05, 4.69) is 0 Å². The van der Waals surface area contributed by atoms with E-state index in [0.29, 0.717) is 39.2 Å². The molecule has 0 rings (SSSR count). The highest BCUT2D eigenvalue weighted by atomic mass is 31.2. The first kappa shape index (κ1) is 23.2. The van der Waals surface area contributed by atoms with Crippen molar-refractivity contribution < 1.29 is 26.9 Å². The molecule has 0 bridgehead atoms. The Balaban J connectivity index is 4.30. The summed E-state index contributed by atoms with van der Waals surface area (Å²) in [6.45, 7) is 12.1. The highest BCUT2D eigenvalue weighted by Crippen LogP contribution is 2.48. The lowest BCUT2D eigenvalue weighted by atomic mass is 10.3. The molecule has 0 N–H and O–H groups in total. The normalized spacial score (nSPS) is 12.7. The summed E-state index contributed by atoms with van der Waals surface area (Å²) in [6.07, 6.45) is 3.10. The maximum Gasteiger partial charge on any atom is 0.500 e. The van der Waals surface area contributed by atoms with Gasteiger partial charge in [-0.2, -0.15) is 0 Å². The fourth-order valence-electron chi connectivity index (χ4n) is 2.38. The van der Waals surface area contributed by atoms with E-state index in [1.165, 1.54) is 0 Å². The lowest BCUT2D eigenvalue weighted by molar-refractivity contribution is 0.0707. The van der Waals surface area contributed by atoms with E-state index in [4.69, 9.17) is 22.3 Å². The number of hydrogen-bond donors (Lipinski definition) is 0. The van der Waals surface area contributed by atoms with Crippen LogP contribution in [-0.4, -0.2) is 48.0 Å². The second-order valence-corrected chi connectivity index (χ2v) is 9.88. The molecule has 0 saturated carbocycles. The van der Waals surface area contributed by atoms with E-state index in [-0.39, 0.29) is 0 Å². The zero-order valence-corrected chi connectivity index (χ0v) is 17.4. The molecule has 0 spiro atoms. The Hall–Kier alpha value is 0.247. The molecule has 0 aromatic carbocycles. The van der Waals surface area contributed by atoms with Crippen LogP contribution in [0.2, 0.25) is 6.04 Å². The molecule has 6 nitrogen and oxygen atoms in total. The molecule has 0 atom stereocenters. The van der Waals surface area contributed by atoms with Gasteiger partial charge in [0.2, 0.25) is 0 Å². The third kappa shape index (κ3) is 9.97. The number of rotatable bonds is 16. The van der Waals surface area contributed by atoms with Gasteiger partial charge in [0.15, 0.2) is 0 Å². The van der Waals surface area contributed by atoms with Crippen molar-refractivity contribution in [1.82, 2.24) is 0 Å². The Morgan fingerprint density at radius 1 is 0.696 bits per heavy atom. The van der Waals surface area contributed by atoms with E-state index >= 15 is 0 Å². The minimum Gasteiger partial charge on any atom is -0.374 e. The van der Waals surface area contributed by atoms with Crippen LogP contribution in [0.5, 0.6) is 0 Å². The zero-order valence-electron chi connectivity index (χ0n) is 15.5. The molecule has 8 heteroatoms. The van der Waals surface area contributed by atoms with Gasteiger partial charge in [0.05, 0.1) is 19.4 Å². The van der Waals surface area contributed by atoms with Crippen LogP contribution in [-0.2, 0) is 26.9 Å². The van der Waals surface area contributed by atoms with E-state index in [0.717, 1.165) is 25.3 Å². The Morgan fingerprint density at radius 2 is 1.17 bits per heavy atom. The van der Waals surface area contributed by atoms with Gasteiger partial charge >= 0.3 is 16.4 Å². The maximum atomic E-state index is 12.4. The van der Waals surface area contributed by atoms with Crippen LogP contribution in [0.3, 0.4) is 0 Å². The molecular formula is C15H35O6PSi. The van der Waals surface area contributed by atoms with Gasteiger partial charge in [-0.3, -0.25) is 4.57 Å². The molecule has 0 unspecified atom stereocenters. The molecule has 0 fully saturated rings. The van der Waals surface area contributed by atoms with Crippen molar-refractivity contribution in [3.8, 4) is 0 Å². The van der Waals surface area contributed by atoms with Crippen molar-refractivity contribution in [2.24, 2.45) is 0 Å². The van der Waals surface area contributed by atoms with E-state index in [1.54, 1.807) is 0 Å². The smallest absolute Gasteiger partial charge is 0.374 e. The molecule has 0 aromatic rings. The highest BCUT2D eigenvalue weighted by Gasteiger charge is 2.39. The summed E-state index contributed by atoms with van der Waals surface area (Å²) in [5.41, 5.74) is 0. The predicted octanol–water partition coefficient (Wildman–Crippen LogP) is 4.47. The molecule has 0 amide bonds. The van der Waals surface area contributed by atoms with Crippen molar-refractivity contribution in [3.63, 3.8) is 0 Å². The van der Waals surface area contributed by atoms with Gasteiger partial charge in [-0.1, -0.05) is 6.42 Å². The molecule has 0 aliphatic heterocycles. The summed E-state index contributed by atoms with van der Waals surface area (Å²) >= 11 is 0. The van der Waals surface area contributed by atoms with Gasteiger partial charge in [0, 0.05) is 25.9 Å². The summed E-state index contributed by atoms with van der Waals surface area (Å²) < 4.78 is 40.4. The Bertz CT molecular complexity index is 302. The van der Waals surface area contributed by atoms with Crippen molar-refractivity contribution in [3.05, 3.63) is 0 Å². The number of hydrogen-bond acceptors (Lipinski definition) is 6. The molecule has 0 aliphatic carbocycles. The van der Waals surface area contributed by atoms with Crippen molar-refractivity contribution in [2.75, 3.05) is 39.2 Å². The second kappa shape index (κ2) is 13.5. The molecular weight excluding hydrogens is 335 g/mol. The molecule has 0 aromatic heterocycles. The van der Waals surface area contributed by atoms with Crippen molar-refractivity contribution in [2.45, 2.75) is 59.9 Å². The van der Waals surface area contributed by atoms with Crippen LogP contribution in [0, 0.1) is 0 Å². The minimum atomic E-state index is -2.92. The Morgan fingerprint density at radius 3 is 1.57 bits per heavy atom. The molecule has 0 heterocycles. The third-order valence-corrected chi connectivity index (χ3v) is 8.48. The Kier molecular flexibility index (Phi) is 13.7. The second-order valence-electron chi connectivity index (χ2n) is 4.96. The van der Waals surface area contributed by atoms with E-state index in [9.17, 15) is 4.57 Å². The lowest BCUT2D eigenvalue weighted by Gasteiger charge is -2.28. The SMILES string of the molecule is CCO[Si](CCCCCP(=O)(OCC)OCC)(OCC)OCC. The first-order chi connectivity index (χ1) is 11.0. The molecule has 0 aliphatic rings. The van der Waals surface area contributed by atoms with Gasteiger partial charge in [0.25, 0.3) is 0 Å². The molecule has 23 heavy (non-hydrogen) atoms. The largest absolute Gasteiger partial charge is 0.500 e. The van der Waals surface area contributed by atoms with Gasteiger partial charge in [-0.15, -0.1) is 0 Å². The van der Waals surface area contributed by atoms with Crippen molar-refractivity contribution >= 4 is 16.4 Å². The zero-order chi connectivity index (χ0) is 17.6. The molecule has 0 saturated heterocycles. The summed E-state index contributed by atoms with van der Waals surface area (Å²) in [5.74, 6) is 0. The highest BCUT2D eigenvalue weighted by molar-refractivity contribution is 7.53. The van der Waals surface area contributed by atoms with Crippen LogP contribution < -0.4 is 0 Å². The molecule has 140 valence electrons. The van der Waals surface area contributed by atoms with Crippen LogP contribution >= 0.6 is 7.60 Å². The van der Waals surface area contributed by atoms with Gasteiger partial charge < -0.3 is 22.3 Å². The van der Waals surface area contributed by atoms with Crippen LogP contribution in [0.15, 0.2) is 0 Å². The monoisotopic (exact) mass is 370 g/mol. The topological polar surface area (TPSA) is 63.2 Å². The first-order valence-corrected chi connectivity index (χ1v) is 12.5. The van der Waals surface area contributed by atoms with E-state index in [1.807, 2.05) is 34.6 Å². The quantitative estimate of drug-likeness (QED) is 0.227.